The third kappa shape index (κ3) is 6.76. The van der Waals surface area contributed by atoms with Crippen molar-refractivity contribution in [1.82, 2.24) is 5.01 Å². The van der Waals surface area contributed by atoms with Crippen molar-refractivity contribution in [3.8, 4) is 0 Å². The fraction of sp³-hybridized carbons (Fsp3) is 0.909. The second-order valence-corrected chi connectivity index (χ2v) is 4.08. The third-order valence-electron chi connectivity index (χ3n) is 2.64. The van der Waals surface area contributed by atoms with Gasteiger partial charge < -0.3 is 10.8 Å². The minimum absolute atomic E-state index is 0.566. The second-order valence-electron chi connectivity index (χ2n) is 4.08. The summed E-state index contributed by atoms with van der Waals surface area (Å²) in [5.74, 6) is 4.93. The first-order valence-corrected chi connectivity index (χ1v) is 6.07. The number of carbonyl (C=O) groups is 1. The van der Waals surface area contributed by atoms with E-state index in [0.717, 1.165) is 32.1 Å². The van der Waals surface area contributed by atoms with E-state index in [1.54, 1.807) is 0 Å². The maximum absolute atomic E-state index is 11.0. The van der Waals surface area contributed by atoms with Crippen molar-refractivity contribution in [2.24, 2.45) is 11.6 Å². The van der Waals surface area contributed by atoms with E-state index >= 15 is 0 Å². The van der Waals surface area contributed by atoms with Crippen molar-refractivity contribution in [3.63, 3.8) is 0 Å². The van der Waals surface area contributed by atoms with Crippen LogP contribution < -0.4 is 11.6 Å². The van der Waals surface area contributed by atoms with Crippen LogP contribution in [0.5, 0.6) is 0 Å². The number of nitrogens with two attached hydrogens (primary N) is 2. The van der Waals surface area contributed by atoms with Crippen LogP contribution in [-0.2, 0) is 4.79 Å². The van der Waals surface area contributed by atoms with Crippen LogP contribution >= 0.6 is 0 Å². The van der Waals surface area contributed by atoms with Crippen LogP contribution in [0, 0.1) is 0 Å². The van der Waals surface area contributed by atoms with Crippen molar-refractivity contribution < 1.29 is 9.90 Å². The lowest BCUT2D eigenvalue weighted by molar-refractivity contribution is -0.143. The third-order valence-corrected chi connectivity index (χ3v) is 2.64. The highest BCUT2D eigenvalue weighted by Crippen LogP contribution is 2.07. The highest BCUT2D eigenvalue weighted by Gasteiger charge is 2.21. The Morgan fingerprint density at radius 1 is 1.31 bits per heavy atom. The summed E-state index contributed by atoms with van der Waals surface area (Å²) in [6, 6.07) is -0.566. The number of unbranched alkanes of at least 4 members (excludes halogenated alkanes) is 3. The van der Waals surface area contributed by atoms with E-state index in [-0.39, 0.29) is 0 Å². The molecule has 0 saturated heterocycles. The van der Waals surface area contributed by atoms with Gasteiger partial charge in [-0.25, -0.2) is 5.01 Å². The van der Waals surface area contributed by atoms with Crippen LogP contribution in [0.15, 0.2) is 0 Å². The van der Waals surface area contributed by atoms with Gasteiger partial charge >= 0.3 is 5.97 Å². The molecule has 0 aliphatic heterocycles. The highest BCUT2D eigenvalue weighted by molar-refractivity contribution is 5.73. The topological polar surface area (TPSA) is 92.6 Å². The van der Waals surface area contributed by atoms with Crippen LogP contribution in [0.2, 0.25) is 0 Å². The molecule has 0 aromatic carbocycles. The lowest BCUT2D eigenvalue weighted by atomic mass is 10.1. The number of nitrogens with zero attached hydrogens (tertiary/aromatic N) is 1. The Bertz CT molecular complexity index is 188. The van der Waals surface area contributed by atoms with Crippen molar-refractivity contribution >= 4 is 5.97 Å². The molecule has 0 rings (SSSR count). The van der Waals surface area contributed by atoms with E-state index < -0.39 is 12.0 Å². The molecule has 0 heterocycles. The van der Waals surface area contributed by atoms with Crippen molar-refractivity contribution in [3.05, 3.63) is 0 Å². The molecule has 0 amide bonds. The second kappa shape index (κ2) is 9.57. The quantitative estimate of drug-likeness (QED) is 0.295. The fourth-order valence-corrected chi connectivity index (χ4v) is 1.61. The molecule has 0 aliphatic carbocycles. The normalized spacial score (nSPS) is 13.0. The first-order chi connectivity index (χ1) is 7.63. The number of hydrazine groups is 1. The Balaban J connectivity index is 3.93. The summed E-state index contributed by atoms with van der Waals surface area (Å²) in [6.45, 7) is 3.36. The molecule has 96 valence electrons. The Hall–Kier alpha value is -0.650. The molecule has 5 heteroatoms. The summed E-state index contributed by atoms with van der Waals surface area (Å²) in [4.78, 5) is 11.0. The van der Waals surface area contributed by atoms with E-state index in [1.807, 2.05) is 0 Å². The highest BCUT2D eigenvalue weighted by atomic mass is 16.4. The van der Waals surface area contributed by atoms with Gasteiger partial charge in [0.2, 0.25) is 0 Å². The van der Waals surface area contributed by atoms with Gasteiger partial charge in [-0.05, 0) is 32.2 Å². The summed E-state index contributed by atoms with van der Waals surface area (Å²) in [5.41, 5.74) is 5.37. The first-order valence-electron chi connectivity index (χ1n) is 6.07. The number of rotatable bonds is 10. The van der Waals surface area contributed by atoms with Gasteiger partial charge in [-0.2, -0.15) is 0 Å². The van der Waals surface area contributed by atoms with Gasteiger partial charge in [-0.15, -0.1) is 0 Å². The predicted molar refractivity (Wildman–Crippen MR) is 64.7 cm³/mol. The van der Waals surface area contributed by atoms with Gasteiger partial charge in [0.25, 0.3) is 0 Å². The van der Waals surface area contributed by atoms with E-state index in [4.69, 9.17) is 16.7 Å². The number of hydrogen-bond donors (Lipinski definition) is 3. The number of carboxylic acids is 1. The van der Waals surface area contributed by atoms with Crippen LogP contribution in [-0.4, -0.2) is 35.2 Å². The zero-order valence-electron chi connectivity index (χ0n) is 10.2. The van der Waals surface area contributed by atoms with E-state index in [2.05, 4.69) is 6.92 Å². The molecule has 16 heavy (non-hydrogen) atoms. The van der Waals surface area contributed by atoms with E-state index in [0.29, 0.717) is 19.5 Å². The van der Waals surface area contributed by atoms with Gasteiger partial charge in [-0.3, -0.25) is 10.6 Å². The summed E-state index contributed by atoms with van der Waals surface area (Å²) in [6.07, 6.45) is 5.39. The van der Waals surface area contributed by atoms with Crippen molar-refractivity contribution in [1.29, 1.82) is 0 Å². The number of hydrogen-bond acceptors (Lipinski definition) is 4. The van der Waals surface area contributed by atoms with Crippen molar-refractivity contribution in [2.75, 3.05) is 13.1 Å². The molecule has 0 spiro atoms. The minimum atomic E-state index is -0.837. The number of carboxylic acid groups (broad SMARTS) is 1. The Morgan fingerprint density at radius 2 is 2.00 bits per heavy atom. The van der Waals surface area contributed by atoms with Gasteiger partial charge in [0.1, 0.15) is 6.04 Å². The maximum Gasteiger partial charge on any atom is 0.322 e. The van der Waals surface area contributed by atoms with Gasteiger partial charge in [0.05, 0.1) is 0 Å². The molecule has 5 nitrogen and oxygen atoms in total. The van der Waals surface area contributed by atoms with Crippen molar-refractivity contribution in [2.45, 2.75) is 51.5 Å². The average molecular weight is 231 g/mol. The van der Waals surface area contributed by atoms with Gasteiger partial charge in [-0.1, -0.05) is 19.8 Å². The monoisotopic (exact) mass is 231 g/mol. The molecule has 0 bridgehead atoms. The summed E-state index contributed by atoms with van der Waals surface area (Å²) in [5, 5.41) is 10.5. The first kappa shape index (κ1) is 15.3. The Labute approximate surface area is 97.8 Å². The molecule has 0 aliphatic rings. The van der Waals surface area contributed by atoms with Crippen LogP contribution in [0.4, 0.5) is 0 Å². The zero-order valence-corrected chi connectivity index (χ0v) is 10.2. The molecule has 0 saturated carbocycles. The van der Waals surface area contributed by atoms with Gasteiger partial charge in [0, 0.05) is 6.54 Å². The zero-order chi connectivity index (χ0) is 12.4. The van der Waals surface area contributed by atoms with Crippen LogP contribution in [0.3, 0.4) is 0 Å². The molecule has 0 radical (unpaired) electrons. The molecule has 1 atom stereocenters. The largest absolute Gasteiger partial charge is 0.480 e. The Morgan fingerprint density at radius 3 is 2.50 bits per heavy atom. The lowest BCUT2D eigenvalue weighted by Gasteiger charge is -2.23. The molecular weight excluding hydrogens is 206 g/mol. The smallest absolute Gasteiger partial charge is 0.322 e. The predicted octanol–water partition coefficient (Wildman–Crippen LogP) is 0.935. The molecular formula is C11H25N3O2. The minimum Gasteiger partial charge on any atom is -0.480 e. The number of aliphatic carboxylic acids is 1. The van der Waals surface area contributed by atoms with E-state index in [9.17, 15) is 4.79 Å². The standard InChI is InChI=1S/C11H25N3O2/c1-2-3-6-9-14(13)10(11(15)16)7-4-5-8-12/h10H,2-9,12-13H2,1H3,(H,15,16). The SMILES string of the molecule is CCCCCN(N)C(CCCCN)C(=O)O. The average Bonchev–Trinajstić information content (AvgIpc) is 2.24. The maximum atomic E-state index is 11.0. The molecule has 5 N–H and O–H groups in total. The molecule has 0 aromatic rings. The van der Waals surface area contributed by atoms with Crippen LogP contribution in [0.1, 0.15) is 45.4 Å². The molecule has 0 fully saturated rings. The summed E-state index contributed by atoms with van der Waals surface area (Å²) in [7, 11) is 0. The van der Waals surface area contributed by atoms with Gasteiger partial charge in [0.15, 0.2) is 0 Å². The van der Waals surface area contributed by atoms with Crippen LogP contribution in [0.25, 0.3) is 0 Å². The lowest BCUT2D eigenvalue weighted by Crippen LogP contribution is -2.46. The van der Waals surface area contributed by atoms with E-state index in [1.165, 1.54) is 5.01 Å². The summed E-state index contributed by atoms with van der Waals surface area (Å²) >= 11 is 0. The Kier molecular flexibility index (Phi) is 9.18. The molecule has 1 unspecified atom stereocenters. The fourth-order valence-electron chi connectivity index (χ4n) is 1.61. The molecule has 0 aromatic heterocycles. The summed E-state index contributed by atoms with van der Waals surface area (Å²) < 4.78 is 0.